The summed E-state index contributed by atoms with van der Waals surface area (Å²) in [5.74, 6) is -0.888. The highest BCUT2D eigenvalue weighted by atomic mass is 35.5. The number of carboxylic acids is 1. The molecule has 1 aromatic rings. The van der Waals surface area contributed by atoms with Gasteiger partial charge in [0.1, 0.15) is 0 Å². The van der Waals surface area contributed by atoms with Crippen LogP contribution in [0, 0.1) is 11.3 Å². The molecule has 6 nitrogen and oxygen atoms in total. The molecule has 1 aromatic carbocycles. The molecule has 2 aliphatic heterocycles. The Morgan fingerprint density at radius 2 is 2.12 bits per heavy atom. The van der Waals surface area contributed by atoms with Crippen molar-refractivity contribution in [2.45, 2.75) is 12.8 Å². The van der Waals surface area contributed by atoms with Crippen LogP contribution in [0.3, 0.4) is 0 Å². The summed E-state index contributed by atoms with van der Waals surface area (Å²) in [5.41, 5.74) is 0.348. The topological polar surface area (TPSA) is 78.9 Å². The van der Waals surface area contributed by atoms with Gasteiger partial charge < -0.3 is 15.2 Å². The van der Waals surface area contributed by atoms with Gasteiger partial charge in [-0.2, -0.15) is 0 Å². The smallest absolute Gasteiger partial charge is 0.311 e. The quantitative estimate of drug-likeness (QED) is 0.796. The van der Waals surface area contributed by atoms with E-state index < -0.39 is 11.4 Å². The predicted octanol–water partition coefficient (Wildman–Crippen LogP) is 1.42. The molecule has 1 amide bonds. The second-order valence-electron chi connectivity index (χ2n) is 6.88. The van der Waals surface area contributed by atoms with Gasteiger partial charge in [-0.05, 0) is 30.5 Å². The SMILES string of the molecule is O=C(CN1C[C@@H]2COCC[C@]2(C(=O)O)C1)NCCc1ccc(Cl)cc1. The van der Waals surface area contributed by atoms with Gasteiger partial charge in [-0.15, -0.1) is 0 Å². The molecule has 2 aliphatic rings. The van der Waals surface area contributed by atoms with Gasteiger partial charge in [0, 0.05) is 37.2 Å². The third-order valence-electron chi connectivity index (χ3n) is 5.22. The van der Waals surface area contributed by atoms with Crippen LogP contribution in [-0.4, -0.2) is 61.3 Å². The van der Waals surface area contributed by atoms with Crippen LogP contribution in [0.15, 0.2) is 24.3 Å². The van der Waals surface area contributed by atoms with Gasteiger partial charge in [-0.1, -0.05) is 23.7 Å². The molecule has 7 heteroatoms. The number of benzene rings is 1. The highest BCUT2D eigenvalue weighted by Crippen LogP contribution is 2.42. The van der Waals surface area contributed by atoms with Crippen molar-refractivity contribution in [2.75, 3.05) is 39.4 Å². The van der Waals surface area contributed by atoms with E-state index in [9.17, 15) is 14.7 Å². The van der Waals surface area contributed by atoms with Crippen molar-refractivity contribution in [3.63, 3.8) is 0 Å². The second kappa shape index (κ2) is 7.72. The lowest BCUT2D eigenvalue weighted by atomic mass is 9.74. The number of amides is 1. The van der Waals surface area contributed by atoms with E-state index >= 15 is 0 Å². The summed E-state index contributed by atoms with van der Waals surface area (Å²) in [5, 5.41) is 13.2. The minimum Gasteiger partial charge on any atom is -0.481 e. The first kappa shape index (κ1) is 18.2. The van der Waals surface area contributed by atoms with Gasteiger partial charge in [-0.3, -0.25) is 14.5 Å². The van der Waals surface area contributed by atoms with E-state index in [0.29, 0.717) is 44.3 Å². The number of carbonyl (C=O) groups is 2. The van der Waals surface area contributed by atoms with Crippen molar-refractivity contribution in [1.29, 1.82) is 0 Å². The fourth-order valence-corrected chi connectivity index (χ4v) is 3.91. The van der Waals surface area contributed by atoms with Crippen molar-refractivity contribution in [2.24, 2.45) is 11.3 Å². The molecule has 0 spiro atoms. The van der Waals surface area contributed by atoms with Gasteiger partial charge in [-0.25, -0.2) is 0 Å². The lowest BCUT2D eigenvalue weighted by Gasteiger charge is -2.34. The van der Waals surface area contributed by atoms with Crippen molar-refractivity contribution >= 4 is 23.5 Å². The lowest BCUT2D eigenvalue weighted by Crippen LogP contribution is -2.45. The molecule has 25 heavy (non-hydrogen) atoms. The van der Waals surface area contributed by atoms with E-state index in [1.807, 2.05) is 29.2 Å². The Labute approximate surface area is 152 Å². The van der Waals surface area contributed by atoms with Crippen LogP contribution in [0.5, 0.6) is 0 Å². The van der Waals surface area contributed by atoms with Crippen LogP contribution in [-0.2, 0) is 20.7 Å². The number of nitrogens with one attached hydrogen (secondary N) is 1. The lowest BCUT2D eigenvalue weighted by molar-refractivity contribution is -0.157. The average molecular weight is 367 g/mol. The molecule has 0 aliphatic carbocycles. The molecular weight excluding hydrogens is 344 g/mol. The van der Waals surface area contributed by atoms with Gasteiger partial charge >= 0.3 is 5.97 Å². The standard InChI is InChI=1S/C18H23ClN2O4/c19-15-3-1-13(2-4-15)5-7-20-16(22)10-21-9-14-11-25-8-6-18(14,12-21)17(23)24/h1-4,14H,5-12H2,(H,20,22)(H,23,24)/t14-,18+/m1/s1. The Balaban J connectivity index is 1.47. The molecule has 0 saturated carbocycles. The Morgan fingerprint density at radius 1 is 1.36 bits per heavy atom. The monoisotopic (exact) mass is 366 g/mol. The largest absolute Gasteiger partial charge is 0.481 e. The zero-order chi connectivity index (χ0) is 17.9. The Morgan fingerprint density at radius 3 is 2.80 bits per heavy atom. The number of hydrogen-bond acceptors (Lipinski definition) is 4. The number of carbonyl (C=O) groups excluding carboxylic acids is 1. The molecule has 0 bridgehead atoms. The Hall–Kier alpha value is -1.63. The first-order valence-electron chi connectivity index (χ1n) is 8.54. The molecule has 2 saturated heterocycles. The van der Waals surface area contributed by atoms with Crippen LogP contribution < -0.4 is 5.32 Å². The number of rotatable bonds is 6. The third-order valence-corrected chi connectivity index (χ3v) is 5.47. The van der Waals surface area contributed by atoms with Crippen molar-refractivity contribution in [1.82, 2.24) is 10.2 Å². The fraction of sp³-hybridized carbons (Fsp3) is 0.556. The summed E-state index contributed by atoms with van der Waals surface area (Å²) in [6, 6.07) is 7.54. The normalized spacial score (nSPS) is 26.2. The molecule has 2 atom stereocenters. The fourth-order valence-electron chi connectivity index (χ4n) is 3.78. The first-order valence-corrected chi connectivity index (χ1v) is 8.92. The summed E-state index contributed by atoms with van der Waals surface area (Å²) in [6.45, 7) is 2.72. The average Bonchev–Trinajstić information content (AvgIpc) is 2.96. The number of fused-ring (bicyclic) bond motifs is 1. The van der Waals surface area contributed by atoms with Crippen molar-refractivity contribution in [3.05, 3.63) is 34.9 Å². The number of aliphatic carboxylic acids is 1. The third kappa shape index (κ3) is 4.14. The highest BCUT2D eigenvalue weighted by Gasteiger charge is 2.53. The molecular formula is C18H23ClN2O4. The molecule has 2 fully saturated rings. The zero-order valence-electron chi connectivity index (χ0n) is 14.0. The molecule has 0 unspecified atom stereocenters. The van der Waals surface area contributed by atoms with Crippen LogP contribution in [0.2, 0.25) is 5.02 Å². The molecule has 2 N–H and O–H groups in total. The number of carboxylic acid groups (broad SMARTS) is 1. The number of nitrogens with zero attached hydrogens (tertiary/aromatic N) is 1. The summed E-state index contributed by atoms with van der Waals surface area (Å²) < 4.78 is 5.43. The molecule has 136 valence electrons. The molecule has 3 rings (SSSR count). The molecule has 0 radical (unpaired) electrons. The maximum Gasteiger partial charge on any atom is 0.311 e. The number of hydrogen-bond donors (Lipinski definition) is 2. The highest BCUT2D eigenvalue weighted by molar-refractivity contribution is 6.30. The van der Waals surface area contributed by atoms with Crippen LogP contribution in [0.25, 0.3) is 0 Å². The predicted molar refractivity (Wildman–Crippen MR) is 93.6 cm³/mol. The summed E-state index contributed by atoms with van der Waals surface area (Å²) in [4.78, 5) is 25.9. The van der Waals surface area contributed by atoms with Gasteiger partial charge in [0.2, 0.25) is 5.91 Å². The Bertz CT molecular complexity index is 636. The molecule has 0 aromatic heterocycles. The maximum atomic E-state index is 12.2. The van der Waals surface area contributed by atoms with E-state index in [1.165, 1.54) is 0 Å². The Kier molecular flexibility index (Phi) is 5.61. The molecule has 2 heterocycles. The van der Waals surface area contributed by atoms with E-state index in [-0.39, 0.29) is 18.4 Å². The van der Waals surface area contributed by atoms with Crippen LogP contribution >= 0.6 is 11.6 Å². The van der Waals surface area contributed by atoms with E-state index in [1.54, 1.807) is 0 Å². The summed E-state index contributed by atoms with van der Waals surface area (Å²) >= 11 is 5.85. The van der Waals surface area contributed by atoms with Gasteiger partial charge in [0.25, 0.3) is 0 Å². The maximum absolute atomic E-state index is 12.2. The van der Waals surface area contributed by atoms with Crippen molar-refractivity contribution < 1.29 is 19.4 Å². The number of ether oxygens (including phenoxy) is 1. The van der Waals surface area contributed by atoms with Gasteiger partial charge in [0.15, 0.2) is 0 Å². The minimum atomic E-state index is -0.772. The first-order chi connectivity index (χ1) is 12.0. The number of likely N-dealkylation sites (tertiary alicyclic amines) is 1. The number of halogens is 1. The van der Waals surface area contributed by atoms with E-state index in [4.69, 9.17) is 16.3 Å². The van der Waals surface area contributed by atoms with Crippen LogP contribution in [0.1, 0.15) is 12.0 Å². The van der Waals surface area contributed by atoms with E-state index in [0.717, 1.165) is 12.0 Å². The van der Waals surface area contributed by atoms with Crippen molar-refractivity contribution in [3.8, 4) is 0 Å². The second-order valence-corrected chi connectivity index (χ2v) is 7.32. The van der Waals surface area contributed by atoms with E-state index in [2.05, 4.69) is 5.32 Å². The minimum absolute atomic E-state index is 0.0411. The summed E-state index contributed by atoms with van der Waals surface area (Å²) in [7, 11) is 0. The van der Waals surface area contributed by atoms with Gasteiger partial charge in [0.05, 0.1) is 18.6 Å². The van der Waals surface area contributed by atoms with Crippen LogP contribution in [0.4, 0.5) is 0 Å². The zero-order valence-corrected chi connectivity index (χ0v) is 14.8. The summed E-state index contributed by atoms with van der Waals surface area (Å²) in [6.07, 6.45) is 1.25.